The van der Waals surface area contributed by atoms with Crippen molar-refractivity contribution in [1.29, 1.82) is 0 Å². The Bertz CT molecular complexity index is 1090. The van der Waals surface area contributed by atoms with Crippen molar-refractivity contribution in [3.05, 3.63) is 87.4 Å². The average Bonchev–Trinajstić information content (AvgIpc) is 2.81. The van der Waals surface area contributed by atoms with Crippen molar-refractivity contribution in [1.82, 2.24) is 5.32 Å². The molecule has 7 heteroatoms. The monoisotopic (exact) mass is 486 g/mol. The molecular weight excluding hydrogens is 459 g/mol. The number of ether oxygens (including phenoxy) is 2. The van der Waals surface area contributed by atoms with Gasteiger partial charge in [-0.05, 0) is 59.5 Å². The van der Waals surface area contributed by atoms with Gasteiger partial charge in [0, 0.05) is 29.4 Å². The molecular formula is C26H28Cl2N2O3. The number of carbonyl (C=O) groups excluding carboxylic acids is 1. The summed E-state index contributed by atoms with van der Waals surface area (Å²) in [5, 5.41) is 7.40. The first-order chi connectivity index (χ1) is 15.9. The van der Waals surface area contributed by atoms with E-state index in [1.807, 2.05) is 54.6 Å². The lowest BCUT2D eigenvalue weighted by atomic mass is 10.1. The number of hydrogen-bond donors (Lipinski definition) is 2. The van der Waals surface area contributed by atoms with E-state index < -0.39 is 0 Å². The minimum Gasteiger partial charge on any atom is -0.493 e. The van der Waals surface area contributed by atoms with Gasteiger partial charge in [0.25, 0.3) is 5.91 Å². The molecule has 0 radical (unpaired) electrons. The molecule has 0 heterocycles. The zero-order valence-corrected chi connectivity index (χ0v) is 20.5. The van der Waals surface area contributed by atoms with Crippen molar-refractivity contribution >= 4 is 34.8 Å². The third kappa shape index (κ3) is 7.31. The number of hydrogen-bond acceptors (Lipinski definition) is 4. The molecule has 0 aromatic heterocycles. The molecule has 0 aliphatic carbocycles. The van der Waals surface area contributed by atoms with Crippen molar-refractivity contribution in [3.8, 4) is 11.5 Å². The second kappa shape index (κ2) is 11.8. The highest BCUT2D eigenvalue weighted by atomic mass is 35.5. The zero-order chi connectivity index (χ0) is 23.8. The summed E-state index contributed by atoms with van der Waals surface area (Å²) < 4.78 is 11.4. The Morgan fingerprint density at radius 1 is 1.00 bits per heavy atom. The summed E-state index contributed by atoms with van der Waals surface area (Å²) in [6.45, 7) is 5.61. The standard InChI is InChI=1S/C26H28Cl2N2O3/c1-17(2)14-30-26(31)20-5-4-6-22(13-20)29-15-19-11-23(28)25(24(12-19)32-3)33-16-18-7-9-21(27)10-8-18/h4-13,17,29H,14-16H2,1-3H3,(H,30,31). The van der Waals surface area contributed by atoms with Crippen LogP contribution in [0.1, 0.15) is 35.3 Å². The lowest BCUT2D eigenvalue weighted by Gasteiger charge is -2.15. The van der Waals surface area contributed by atoms with Gasteiger partial charge >= 0.3 is 0 Å². The highest BCUT2D eigenvalue weighted by molar-refractivity contribution is 6.32. The van der Waals surface area contributed by atoms with Gasteiger partial charge in [-0.2, -0.15) is 0 Å². The minimum atomic E-state index is -0.0840. The van der Waals surface area contributed by atoms with E-state index in [-0.39, 0.29) is 5.91 Å². The molecule has 5 nitrogen and oxygen atoms in total. The van der Waals surface area contributed by atoms with E-state index in [9.17, 15) is 4.79 Å². The van der Waals surface area contributed by atoms with Crippen molar-refractivity contribution in [3.63, 3.8) is 0 Å². The molecule has 0 bridgehead atoms. The van der Waals surface area contributed by atoms with Crippen LogP contribution in [-0.4, -0.2) is 19.6 Å². The molecule has 0 aliphatic heterocycles. The fourth-order valence-electron chi connectivity index (χ4n) is 3.12. The smallest absolute Gasteiger partial charge is 0.251 e. The summed E-state index contributed by atoms with van der Waals surface area (Å²) >= 11 is 12.4. The molecule has 0 fully saturated rings. The number of benzene rings is 3. The maximum Gasteiger partial charge on any atom is 0.251 e. The predicted octanol–water partition coefficient (Wildman–Crippen LogP) is 6.58. The molecule has 0 spiro atoms. The zero-order valence-electron chi connectivity index (χ0n) is 19.0. The summed E-state index contributed by atoms with van der Waals surface area (Å²) in [7, 11) is 1.58. The van der Waals surface area contributed by atoms with Gasteiger partial charge in [-0.3, -0.25) is 4.79 Å². The number of rotatable bonds is 10. The first-order valence-corrected chi connectivity index (χ1v) is 11.5. The van der Waals surface area contributed by atoms with Gasteiger partial charge in [0.15, 0.2) is 11.5 Å². The lowest BCUT2D eigenvalue weighted by molar-refractivity contribution is 0.0949. The third-order valence-electron chi connectivity index (χ3n) is 4.88. The largest absolute Gasteiger partial charge is 0.493 e. The highest BCUT2D eigenvalue weighted by Gasteiger charge is 2.13. The van der Waals surface area contributed by atoms with Crippen molar-refractivity contribution in [2.75, 3.05) is 19.0 Å². The molecule has 3 rings (SSSR count). The fraction of sp³-hybridized carbons (Fsp3) is 0.269. The normalized spacial score (nSPS) is 10.7. The van der Waals surface area contributed by atoms with Gasteiger partial charge in [0.1, 0.15) is 6.61 Å². The number of methoxy groups -OCH3 is 1. The van der Waals surface area contributed by atoms with Gasteiger partial charge in [-0.15, -0.1) is 0 Å². The van der Waals surface area contributed by atoms with Gasteiger partial charge in [0.2, 0.25) is 0 Å². The fourth-order valence-corrected chi connectivity index (χ4v) is 3.54. The van der Waals surface area contributed by atoms with E-state index >= 15 is 0 Å². The van der Waals surface area contributed by atoms with E-state index in [0.29, 0.717) is 52.7 Å². The Balaban J connectivity index is 1.66. The maximum absolute atomic E-state index is 12.3. The van der Waals surface area contributed by atoms with Crippen LogP contribution in [0.25, 0.3) is 0 Å². The van der Waals surface area contributed by atoms with Gasteiger partial charge in [0.05, 0.1) is 12.1 Å². The van der Waals surface area contributed by atoms with E-state index in [1.54, 1.807) is 13.2 Å². The van der Waals surface area contributed by atoms with E-state index in [4.69, 9.17) is 32.7 Å². The summed E-state index contributed by atoms with van der Waals surface area (Å²) in [6.07, 6.45) is 0. The Morgan fingerprint density at radius 3 is 2.45 bits per heavy atom. The molecule has 0 saturated heterocycles. The van der Waals surface area contributed by atoms with Crippen LogP contribution >= 0.6 is 23.2 Å². The van der Waals surface area contributed by atoms with Gasteiger partial charge in [-0.1, -0.05) is 55.2 Å². The molecule has 33 heavy (non-hydrogen) atoms. The molecule has 1 amide bonds. The molecule has 0 aliphatic rings. The summed E-state index contributed by atoms with van der Waals surface area (Å²) in [6, 6.07) is 18.6. The van der Waals surface area contributed by atoms with Crippen LogP contribution in [0, 0.1) is 5.92 Å². The summed E-state index contributed by atoms with van der Waals surface area (Å²) in [5.41, 5.74) is 3.35. The molecule has 174 valence electrons. The van der Waals surface area contributed by atoms with Gasteiger partial charge in [-0.25, -0.2) is 0 Å². The first kappa shape index (κ1) is 24.7. The Morgan fingerprint density at radius 2 is 1.76 bits per heavy atom. The van der Waals surface area contributed by atoms with Crippen molar-refractivity contribution in [2.24, 2.45) is 5.92 Å². The van der Waals surface area contributed by atoms with Crippen LogP contribution in [0.3, 0.4) is 0 Å². The van der Waals surface area contributed by atoms with Crippen LogP contribution in [0.5, 0.6) is 11.5 Å². The van der Waals surface area contributed by atoms with Crippen molar-refractivity contribution in [2.45, 2.75) is 27.0 Å². The SMILES string of the molecule is COc1cc(CNc2cccc(C(=O)NCC(C)C)c2)cc(Cl)c1OCc1ccc(Cl)cc1. The summed E-state index contributed by atoms with van der Waals surface area (Å²) in [4.78, 5) is 12.3. The average molecular weight is 487 g/mol. The number of nitrogens with one attached hydrogen (secondary N) is 2. The molecule has 3 aromatic rings. The first-order valence-electron chi connectivity index (χ1n) is 10.7. The molecule has 2 N–H and O–H groups in total. The third-order valence-corrected chi connectivity index (χ3v) is 5.41. The van der Waals surface area contributed by atoms with Crippen LogP contribution in [0.2, 0.25) is 10.0 Å². The Labute approximate surface area is 205 Å². The summed E-state index contributed by atoms with van der Waals surface area (Å²) in [5.74, 6) is 1.35. The van der Waals surface area contributed by atoms with Gasteiger partial charge < -0.3 is 20.1 Å². The second-order valence-electron chi connectivity index (χ2n) is 8.06. The highest BCUT2D eigenvalue weighted by Crippen LogP contribution is 2.37. The van der Waals surface area contributed by atoms with Crippen LogP contribution < -0.4 is 20.1 Å². The number of carbonyl (C=O) groups is 1. The van der Waals surface area contributed by atoms with Crippen LogP contribution in [-0.2, 0) is 13.2 Å². The topological polar surface area (TPSA) is 59.6 Å². The Hall–Kier alpha value is -2.89. The van der Waals surface area contributed by atoms with Crippen LogP contribution in [0.15, 0.2) is 60.7 Å². The molecule has 0 atom stereocenters. The van der Waals surface area contributed by atoms with E-state index in [2.05, 4.69) is 24.5 Å². The lowest BCUT2D eigenvalue weighted by Crippen LogP contribution is -2.27. The second-order valence-corrected chi connectivity index (χ2v) is 8.91. The number of amides is 1. The molecule has 0 unspecified atom stereocenters. The van der Waals surface area contributed by atoms with E-state index in [1.165, 1.54) is 0 Å². The molecule has 3 aromatic carbocycles. The Kier molecular flexibility index (Phi) is 8.87. The quantitative estimate of drug-likeness (QED) is 0.339. The van der Waals surface area contributed by atoms with Crippen molar-refractivity contribution < 1.29 is 14.3 Å². The number of halogens is 2. The molecule has 0 saturated carbocycles. The maximum atomic E-state index is 12.3. The predicted molar refractivity (Wildman–Crippen MR) is 135 cm³/mol. The van der Waals surface area contributed by atoms with Crippen LogP contribution in [0.4, 0.5) is 5.69 Å². The number of anilines is 1. The minimum absolute atomic E-state index is 0.0840. The van der Waals surface area contributed by atoms with E-state index in [0.717, 1.165) is 16.8 Å².